The molecule has 96 valence electrons. The molecule has 0 atom stereocenters. The van der Waals surface area contributed by atoms with E-state index in [1.807, 2.05) is 0 Å². The minimum Gasteiger partial charge on any atom is -0.481 e. The van der Waals surface area contributed by atoms with E-state index >= 15 is 0 Å². The van der Waals surface area contributed by atoms with Gasteiger partial charge in [0.1, 0.15) is 0 Å². The van der Waals surface area contributed by atoms with Crippen molar-refractivity contribution < 1.29 is 18.3 Å². The average Bonchev–Trinajstić information content (AvgIpc) is 1.98. The topological polar surface area (TPSA) is 86.7 Å². The summed E-state index contributed by atoms with van der Waals surface area (Å²) in [6, 6.07) is -0.329. The minimum absolute atomic E-state index is 0.0897. The zero-order valence-electron chi connectivity index (χ0n) is 10.1. The Morgan fingerprint density at radius 2 is 1.69 bits per heavy atom. The minimum atomic E-state index is -3.60. The lowest BCUT2D eigenvalue weighted by molar-refractivity contribution is -0.136. The molecule has 2 N–H and O–H groups in total. The maximum absolute atomic E-state index is 11.8. The molecular formula is C9H20N2O4S. The number of rotatable bonds is 7. The van der Waals surface area contributed by atoms with Crippen molar-refractivity contribution in [2.24, 2.45) is 0 Å². The molecule has 0 heterocycles. The van der Waals surface area contributed by atoms with Crippen molar-refractivity contribution in [3.63, 3.8) is 0 Å². The monoisotopic (exact) mass is 252 g/mol. The predicted molar refractivity (Wildman–Crippen MR) is 61.3 cm³/mol. The quantitative estimate of drug-likeness (QED) is 0.687. The van der Waals surface area contributed by atoms with Gasteiger partial charge in [-0.15, -0.1) is 0 Å². The third-order valence-corrected chi connectivity index (χ3v) is 3.89. The molecule has 0 aliphatic carbocycles. The van der Waals surface area contributed by atoms with Crippen LogP contribution in [0, 0.1) is 0 Å². The summed E-state index contributed by atoms with van der Waals surface area (Å²) in [7, 11) is -3.60. The highest BCUT2D eigenvalue weighted by molar-refractivity contribution is 7.87. The van der Waals surface area contributed by atoms with Crippen LogP contribution in [0.1, 0.15) is 34.1 Å². The van der Waals surface area contributed by atoms with E-state index in [1.54, 1.807) is 27.7 Å². The van der Waals surface area contributed by atoms with Crippen molar-refractivity contribution in [1.82, 2.24) is 9.03 Å². The summed E-state index contributed by atoms with van der Waals surface area (Å²) in [5.74, 6) is -1.02. The molecule has 0 radical (unpaired) electrons. The molecule has 0 aliphatic heterocycles. The molecule has 7 heteroatoms. The molecule has 6 nitrogen and oxygen atoms in total. The molecule has 0 bridgehead atoms. The van der Waals surface area contributed by atoms with Gasteiger partial charge in [0.2, 0.25) is 0 Å². The number of nitrogens with one attached hydrogen (secondary N) is 1. The van der Waals surface area contributed by atoms with Crippen molar-refractivity contribution in [2.75, 3.05) is 6.54 Å². The van der Waals surface area contributed by atoms with E-state index in [-0.39, 0.29) is 25.0 Å². The Hall–Kier alpha value is -0.660. The molecule has 16 heavy (non-hydrogen) atoms. The Bertz CT molecular complexity index is 316. The van der Waals surface area contributed by atoms with Crippen LogP contribution in [0.5, 0.6) is 0 Å². The van der Waals surface area contributed by atoms with E-state index in [2.05, 4.69) is 4.72 Å². The van der Waals surface area contributed by atoms with Crippen LogP contribution in [0.4, 0.5) is 0 Å². The van der Waals surface area contributed by atoms with Gasteiger partial charge in [0, 0.05) is 18.6 Å². The average molecular weight is 252 g/mol. The van der Waals surface area contributed by atoms with Crippen LogP contribution < -0.4 is 4.72 Å². The lowest BCUT2D eigenvalue weighted by atomic mass is 10.3. The lowest BCUT2D eigenvalue weighted by Gasteiger charge is -2.29. The van der Waals surface area contributed by atoms with Crippen molar-refractivity contribution in [2.45, 2.75) is 46.2 Å². The second-order valence-electron chi connectivity index (χ2n) is 4.06. The second kappa shape index (κ2) is 6.17. The number of carboxylic acid groups (broad SMARTS) is 1. The highest BCUT2D eigenvalue weighted by Crippen LogP contribution is 2.10. The molecule has 0 spiro atoms. The van der Waals surface area contributed by atoms with Gasteiger partial charge in [-0.25, -0.2) is 4.72 Å². The van der Waals surface area contributed by atoms with Crippen molar-refractivity contribution >= 4 is 16.2 Å². The first-order valence-electron chi connectivity index (χ1n) is 5.18. The van der Waals surface area contributed by atoms with Gasteiger partial charge in [0.25, 0.3) is 10.2 Å². The summed E-state index contributed by atoms with van der Waals surface area (Å²) in [4.78, 5) is 10.3. The summed E-state index contributed by atoms with van der Waals surface area (Å²) >= 11 is 0. The van der Waals surface area contributed by atoms with Gasteiger partial charge in [0.05, 0.1) is 6.42 Å². The number of carbonyl (C=O) groups is 1. The van der Waals surface area contributed by atoms with Crippen LogP contribution in [0.25, 0.3) is 0 Å². The van der Waals surface area contributed by atoms with Gasteiger partial charge in [-0.3, -0.25) is 4.79 Å². The first-order chi connectivity index (χ1) is 7.18. The number of hydrogen-bond donors (Lipinski definition) is 2. The van der Waals surface area contributed by atoms with E-state index in [0.29, 0.717) is 0 Å². The van der Waals surface area contributed by atoms with Gasteiger partial charge in [-0.05, 0) is 27.7 Å². The Kier molecular flexibility index (Phi) is 5.91. The molecule has 0 rings (SSSR count). The van der Waals surface area contributed by atoms with E-state index in [1.165, 1.54) is 4.31 Å². The van der Waals surface area contributed by atoms with E-state index in [0.717, 1.165) is 0 Å². The molecule has 0 unspecified atom stereocenters. The Balaban J connectivity index is 4.56. The predicted octanol–water partition coefficient (Wildman–Crippen LogP) is 0.414. The molecule has 0 aromatic rings. The first kappa shape index (κ1) is 15.3. The van der Waals surface area contributed by atoms with Crippen LogP contribution in [0.2, 0.25) is 0 Å². The Morgan fingerprint density at radius 3 is 2.00 bits per heavy atom. The maximum atomic E-state index is 11.8. The number of nitrogens with zero attached hydrogens (tertiary/aromatic N) is 1. The van der Waals surface area contributed by atoms with Gasteiger partial charge >= 0.3 is 5.97 Å². The molecule has 0 aliphatic rings. The second-order valence-corrected chi connectivity index (χ2v) is 5.72. The summed E-state index contributed by atoms with van der Waals surface area (Å²) in [5, 5.41) is 8.42. The van der Waals surface area contributed by atoms with E-state index in [9.17, 15) is 13.2 Å². The third kappa shape index (κ3) is 4.91. The summed E-state index contributed by atoms with van der Waals surface area (Å²) in [5.41, 5.74) is 0. The highest BCUT2D eigenvalue weighted by atomic mass is 32.2. The zero-order valence-corrected chi connectivity index (χ0v) is 10.9. The summed E-state index contributed by atoms with van der Waals surface area (Å²) in [6.07, 6.45) is -0.219. The molecule has 0 fully saturated rings. The SMILES string of the molecule is CC(C)N(C(C)C)S(=O)(=O)NCCC(=O)O. The number of hydrogen-bond acceptors (Lipinski definition) is 3. The van der Waals surface area contributed by atoms with Gasteiger partial charge in [-0.1, -0.05) is 0 Å². The normalized spacial score (nSPS) is 12.7. The van der Waals surface area contributed by atoms with Gasteiger partial charge in [0.15, 0.2) is 0 Å². The van der Waals surface area contributed by atoms with Crippen molar-refractivity contribution in [1.29, 1.82) is 0 Å². The highest BCUT2D eigenvalue weighted by Gasteiger charge is 2.26. The Morgan fingerprint density at radius 1 is 1.25 bits per heavy atom. The Labute approximate surface area is 96.8 Å². The molecule has 0 aromatic carbocycles. The molecule has 0 saturated carbocycles. The number of carboxylic acids is 1. The van der Waals surface area contributed by atoms with Gasteiger partial charge < -0.3 is 5.11 Å². The van der Waals surface area contributed by atoms with Crippen LogP contribution >= 0.6 is 0 Å². The largest absolute Gasteiger partial charge is 0.481 e. The fourth-order valence-electron chi connectivity index (χ4n) is 1.51. The molecule has 0 saturated heterocycles. The molecule has 0 aromatic heterocycles. The van der Waals surface area contributed by atoms with Gasteiger partial charge in [-0.2, -0.15) is 12.7 Å². The third-order valence-electron chi connectivity index (χ3n) is 1.92. The van der Waals surface area contributed by atoms with Crippen molar-refractivity contribution in [3.05, 3.63) is 0 Å². The van der Waals surface area contributed by atoms with Crippen LogP contribution in [0.3, 0.4) is 0 Å². The molecule has 0 amide bonds. The first-order valence-corrected chi connectivity index (χ1v) is 6.62. The zero-order chi connectivity index (χ0) is 12.9. The summed E-state index contributed by atoms with van der Waals surface area (Å²) in [6.45, 7) is 7.01. The smallest absolute Gasteiger partial charge is 0.304 e. The van der Waals surface area contributed by atoms with Crippen LogP contribution in [-0.2, 0) is 15.0 Å². The van der Waals surface area contributed by atoms with E-state index in [4.69, 9.17) is 5.11 Å². The fourth-order valence-corrected chi connectivity index (χ4v) is 3.13. The lowest BCUT2D eigenvalue weighted by Crippen LogP contribution is -2.48. The standard InChI is InChI=1S/C9H20N2O4S/c1-7(2)11(8(3)4)16(14,15)10-6-5-9(12)13/h7-8,10H,5-6H2,1-4H3,(H,12,13). The van der Waals surface area contributed by atoms with Crippen LogP contribution in [0.15, 0.2) is 0 Å². The maximum Gasteiger partial charge on any atom is 0.304 e. The fraction of sp³-hybridized carbons (Fsp3) is 0.889. The van der Waals surface area contributed by atoms with Crippen molar-refractivity contribution in [3.8, 4) is 0 Å². The number of aliphatic carboxylic acids is 1. The summed E-state index contributed by atoms with van der Waals surface area (Å²) < 4.78 is 27.2. The van der Waals surface area contributed by atoms with Crippen LogP contribution in [-0.4, -0.2) is 42.4 Å². The van der Waals surface area contributed by atoms with E-state index < -0.39 is 16.2 Å². The molecular weight excluding hydrogens is 232 g/mol.